The van der Waals surface area contributed by atoms with Crippen molar-refractivity contribution >= 4 is 0 Å². The summed E-state index contributed by atoms with van der Waals surface area (Å²) in [4.78, 5) is 0. The Kier molecular flexibility index (Phi) is 2.45. The summed E-state index contributed by atoms with van der Waals surface area (Å²) in [6.45, 7) is -0.138. The maximum Gasteiger partial charge on any atom is 0.174 e. The molecule has 0 spiro atoms. The largest absolute Gasteiger partial charge is 0.476 e. The Labute approximate surface area is 63.8 Å². The first-order valence-electron chi connectivity index (χ1n) is 3.00. The van der Waals surface area contributed by atoms with E-state index >= 15 is 0 Å². The zero-order valence-electron chi connectivity index (χ0n) is 5.67. The maximum atomic E-state index is 12.6. The van der Waals surface area contributed by atoms with Crippen molar-refractivity contribution in [3.8, 4) is 11.8 Å². The summed E-state index contributed by atoms with van der Waals surface area (Å²) in [5.74, 6) is -0.409. The Morgan fingerprint density at radius 2 is 2.55 bits per heavy atom. The van der Waals surface area contributed by atoms with Crippen molar-refractivity contribution in [1.29, 1.82) is 5.26 Å². The van der Waals surface area contributed by atoms with Gasteiger partial charge in [-0.05, 0) is 18.2 Å². The minimum atomic E-state index is -0.497. The lowest BCUT2D eigenvalue weighted by Gasteiger charge is -2.00. The first-order valence-corrected chi connectivity index (χ1v) is 3.00. The average molecular weight is 150 g/mol. The highest BCUT2D eigenvalue weighted by atomic mass is 19.1. The van der Waals surface area contributed by atoms with Crippen LogP contribution in [0.5, 0.6) is 5.75 Å². The van der Waals surface area contributed by atoms with Crippen molar-refractivity contribution < 1.29 is 9.13 Å². The molecule has 0 aliphatic heterocycles. The van der Waals surface area contributed by atoms with Gasteiger partial charge in [0, 0.05) is 0 Å². The normalized spacial score (nSPS) is 8.73. The predicted octanol–water partition coefficient (Wildman–Crippen LogP) is 1.53. The van der Waals surface area contributed by atoms with Gasteiger partial charge in [-0.15, -0.1) is 0 Å². The molecule has 1 aromatic carbocycles. The van der Waals surface area contributed by atoms with Crippen LogP contribution in [0.3, 0.4) is 0 Å². The summed E-state index contributed by atoms with van der Waals surface area (Å²) >= 11 is 0. The molecule has 2 nitrogen and oxygen atoms in total. The Hall–Kier alpha value is -1.56. The van der Waals surface area contributed by atoms with Gasteiger partial charge >= 0.3 is 0 Å². The smallest absolute Gasteiger partial charge is 0.174 e. The summed E-state index contributed by atoms with van der Waals surface area (Å²) in [7, 11) is 0. The van der Waals surface area contributed by atoms with Crippen molar-refractivity contribution in [1.82, 2.24) is 0 Å². The fourth-order valence-corrected chi connectivity index (χ4v) is 0.623. The molecule has 1 radical (unpaired) electrons. The molecule has 0 heterocycles. The van der Waals surface area contributed by atoms with E-state index in [0.29, 0.717) is 0 Å². The molecule has 0 fully saturated rings. The molecule has 0 unspecified atom stereocenters. The van der Waals surface area contributed by atoms with Crippen LogP contribution in [0.4, 0.5) is 4.39 Å². The van der Waals surface area contributed by atoms with E-state index in [1.807, 2.05) is 0 Å². The molecule has 0 bridgehead atoms. The maximum absolute atomic E-state index is 12.6. The van der Waals surface area contributed by atoms with Gasteiger partial charge in [-0.3, -0.25) is 0 Å². The monoisotopic (exact) mass is 150 g/mol. The van der Waals surface area contributed by atoms with Crippen LogP contribution in [0.15, 0.2) is 18.2 Å². The van der Waals surface area contributed by atoms with Gasteiger partial charge in [0.1, 0.15) is 6.07 Å². The molecule has 1 rings (SSSR count). The number of nitrogens with zero attached hydrogens (tertiary/aromatic N) is 1. The summed E-state index contributed by atoms with van der Waals surface area (Å²) in [6, 6.07) is 8.39. The minimum Gasteiger partial charge on any atom is -0.476 e. The van der Waals surface area contributed by atoms with Crippen molar-refractivity contribution in [2.75, 3.05) is 6.61 Å². The highest BCUT2D eigenvalue weighted by molar-refractivity contribution is 5.23. The zero-order valence-corrected chi connectivity index (χ0v) is 5.67. The number of hydrogen-bond donors (Lipinski definition) is 0. The predicted molar refractivity (Wildman–Crippen MR) is 36.3 cm³/mol. The van der Waals surface area contributed by atoms with E-state index in [0.717, 1.165) is 6.07 Å². The number of ether oxygens (including phenoxy) is 1. The van der Waals surface area contributed by atoms with Crippen LogP contribution >= 0.6 is 0 Å². The van der Waals surface area contributed by atoms with Crippen molar-refractivity contribution in [3.63, 3.8) is 0 Å². The molecule has 0 amide bonds. The quantitative estimate of drug-likeness (QED) is 0.640. The van der Waals surface area contributed by atoms with Gasteiger partial charge in [-0.25, -0.2) is 4.39 Å². The van der Waals surface area contributed by atoms with Crippen LogP contribution in [-0.2, 0) is 0 Å². The second-order valence-electron chi connectivity index (χ2n) is 1.80. The third kappa shape index (κ3) is 1.94. The van der Waals surface area contributed by atoms with E-state index in [-0.39, 0.29) is 12.4 Å². The van der Waals surface area contributed by atoms with E-state index in [1.165, 1.54) is 12.1 Å². The molecular formula is C8H5FNO. The fraction of sp³-hybridized carbons (Fsp3) is 0.125. The van der Waals surface area contributed by atoms with Crippen LogP contribution in [0.1, 0.15) is 0 Å². The van der Waals surface area contributed by atoms with Crippen molar-refractivity contribution in [2.24, 2.45) is 0 Å². The summed E-state index contributed by atoms with van der Waals surface area (Å²) in [5, 5.41) is 8.11. The number of nitriles is 1. The second kappa shape index (κ2) is 3.57. The van der Waals surface area contributed by atoms with E-state index in [9.17, 15) is 4.39 Å². The van der Waals surface area contributed by atoms with Gasteiger partial charge in [-0.1, -0.05) is 6.07 Å². The van der Waals surface area contributed by atoms with E-state index < -0.39 is 5.82 Å². The third-order valence-corrected chi connectivity index (χ3v) is 1.07. The standard InChI is InChI=1S/C8H5FNO/c9-7-3-1-2-4-8(7)11-6-5-10/h2-4H,6H2. The molecule has 0 aliphatic carbocycles. The lowest BCUT2D eigenvalue weighted by molar-refractivity contribution is 0.346. The molecule has 0 atom stereocenters. The topological polar surface area (TPSA) is 33.0 Å². The summed E-state index contributed by atoms with van der Waals surface area (Å²) < 4.78 is 17.4. The number of hydrogen-bond acceptors (Lipinski definition) is 2. The molecule has 0 aromatic heterocycles. The fourth-order valence-electron chi connectivity index (χ4n) is 0.623. The Bertz CT molecular complexity index is 280. The molecular weight excluding hydrogens is 145 g/mol. The van der Waals surface area contributed by atoms with Crippen molar-refractivity contribution in [3.05, 3.63) is 30.1 Å². The Balaban J connectivity index is 2.71. The third-order valence-electron chi connectivity index (χ3n) is 1.07. The molecule has 0 saturated heterocycles. The van der Waals surface area contributed by atoms with Crippen molar-refractivity contribution in [2.45, 2.75) is 0 Å². The second-order valence-corrected chi connectivity index (χ2v) is 1.80. The summed E-state index contributed by atoms with van der Waals surface area (Å²) in [5.41, 5.74) is 0. The van der Waals surface area contributed by atoms with E-state index in [2.05, 4.69) is 6.07 Å². The SMILES string of the molecule is N#CCOc1cc[c]cc1F. The highest BCUT2D eigenvalue weighted by Gasteiger charge is 1.98. The average Bonchev–Trinajstić information content (AvgIpc) is 2.03. The highest BCUT2D eigenvalue weighted by Crippen LogP contribution is 2.14. The molecule has 0 aliphatic rings. The minimum absolute atomic E-state index is 0.0882. The van der Waals surface area contributed by atoms with Gasteiger partial charge in [0.05, 0.1) is 0 Å². The van der Waals surface area contributed by atoms with Crippen LogP contribution in [0.2, 0.25) is 0 Å². The molecule has 1 aromatic rings. The zero-order chi connectivity index (χ0) is 8.10. The molecule has 3 heteroatoms. The van der Waals surface area contributed by atoms with Gasteiger partial charge in [0.25, 0.3) is 0 Å². The van der Waals surface area contributed by atoms with Crippen LogP contribution < -0.4 is 4.74 Å². The van der Waals surface area contributed by atoms with Gasteiger partial charge in [0.2, 0.25) is 0 Å². The van der Waals surface area contributed by atoms with Gasteiger partial charge in [-0.2, -0.15) is 5.26 Å². The number of rotatable bonds is 2. The lowest BCUT2D eigenvalue weighted by atomic mass is 10.3. The number of halogens is 1. The van der Waals surface area contributed by atoms with E-state index in [1.54, 1.807) is 6.07 Å². The van der Waals surface area contributed by atoms with Crippen LogP contribution in [0, 0.1) is 23.2 Å². The molecule has 0 saturated carbocycles. The van der Waals surface area contributed by atoms with Crippen LogP contribution in [-0.4, -0.2) is 6.61 Å². The first-order chi connectivity index (χ1) is 5.34. The van der Waals surface area contributed by atoms with E-state index in [4.69, 9.17) is 10.00 Å². The number of benzene rings is 1. The Morgan fingerprint density at radius 1 is 1.73 bits per heavy atom. The molecule has 11 heavy (non-hydrogen) atoms. The summed E-state index contributed by atoms with van der Waals surface area (Å²) in [6.07, 6.45) is 0. The Morgan fingerprint density at radius 3 is 3.18 bits per heavy atom. The van der Waals surface area contributed by atoms with Gasteiger partial charge in [0.15, 0.2) is 18.2 Å². The molecule has 55 valence electrons. The van der Waals surface area contributed by atoms with Gasteiger partial charge < -0.3 is 4.74 Å². The first kappa shape index (κ1) is 7.55. The molecule has 0 N–H and O–H groups in total. The van der Waals surface area contributed by atoms with Crippen LogP contribution in [0.25, 0.3) is 0 Å². The lowest BCUT2D eigenvalue weighted by Crippen LogP contribution is -1.95.